The second-order valence-corrected chi connectivity index (χ2v) is 8.35. The van der Waals surface area contributed by atoms with E-state index in [1.807, 2.05) is 31.2 Å². The number of carbonyl (C=O) groups excluding carboxylic acids is 1. The fourth-order valence-corrected chi connectivity index (χ4v) is 3.91. The van der Waals surface area contributed by atoms with E-state index in [9.17, 15) is 13.2 Å². The normalized spacial score (nSPS) is 13.9. The van der Waals surface area contributed by atoms with E-state index in [-0.39, 0.29) is 18.6 Å². The molecule has 1 saturated carbocycles. The van der Waals surface area contributed by atoms with Crippen molar-refractivity contribution in [3.05, 3.63) is 54.1 Å². The molecule has 138 valence electrons. The van der Waals surface area contributed by atoms with Crippen molar-refractivity contribution in [3.63, 3.8) is 0 Å². The minimum absolute atomic E-state index is 0.0494. The summed E-state index contributed by atoms with van der Waals surface area (Å²) in [6.07, 6.45) is 2.97. The molecule has 6 nitrogen and oxygen atoms in total. The molecule has 7 heteroatoms. The molecule has 0 aliphatic heterocycles. The second-order valence-electron chi connectivity index (χ2n) is 6.49. The Morgan fingerprint density at radius 3 is 2.27 bits per heavy atom. The van der Waals surface area contributed by atoms with Gasteiger partial charge in [0.1, 0.15) is 5.75 Å². The van der Waals surface area contributed by atoms with Crippen LogP contribution >= 0.6 is 0 Å². The van der Waals surface area contributed by atoms with Gasteiger partial charge in [0.2, 0.25) is 10.0 Å². The number of nitrogens with one attached hydrogen (secondary N) is 1. The maximum Gasteiger partial charge on any atom is 0.262 e. The molecule has 2 aromatic rings. The first kappa shape index (κ1) is 18.3. The number of carbonyl (C=O) groups is 1. The van der Waals surface area contributed by atoms with Crippen molar-refractivity contribution in [2.75, 3.05) is 22.5 Å². The van der Waals surface area contributed by atoms with Crippen molar-refractivity contribution in [1.29, 1.82) is 0 Å². The fraction of sp³-hybridized carbons (Fsp3) is 0.316. The van der Waals surface area contributed by atoms with Crippen LogP contribution in [0.25, 0.3) is 0 Å². The largest absolute Gasteiger partial charge is 0.484 e. The van der Waals surface area contributed by atoms with E-state index in [1.165, 1.54) is 10.6 Å². The predicted octanol–water partition coefficient (Wildman–Crippen LogP) is 2.94. The summed E-state index contributed by atoms with van der Waals surface area (Å²) in [5.74, 6) is 0.356. The van der Waals surface area contributed by atoms with Gasteiger partial charge in [-0.15, -0.1) is 0 Å². The molecular formula is C19H22N2O4S. The van der Waals surface area contributed by atoms with Gasteiger partial charge in [0.15, 0.2) is 6.61 Å². The molecule has 1 fully saturated rings. The lowest BCUT2D eigenvalue weighted by atomic mass is 10.2. The summed E-state index contributed by atoms with van der Waals surface area (Å²) < 4.78 is 30.8. The zero-order chi connectivity index (χ0) is 18.7. The number of amides is 1. The first-order valence-electron chi connectivity index (χ1n) is 8.42. The summed E-state index contributed by atoms with van der Waals surface area (Å²) >= 11 is 0. The third-order valence-corrected chi connectivity index (χ3v) is 5.26. The summed E-state index contributed by atoms with van der Waals surface area (Å²) in [5, 5.41) is 2.74. The number of ether oxygens (including phenoxy) is 1. The molecular weight excluding hydrogens is 352 g/mol. The molecule has 0 aromatic heterocycles. The Balaban J connectivity index is 1.58. The standard InChI is InChI=1S/C19H22N2O4S/c1-14-3-11-18(12-4-14)25-13-19(22)20-15-5-7-16(8-6-15)21(17-9-10-17)26(2,23)24/h3-8,11-12,17H,9-10,13H2,1-2H3,(H,20,22). The first-order chi connectivity index (χ1) is 12.3. The van der Waals surface area contributed by atoms with Crippen LogP contribution in [0.15, 0.2) is 48.5 Å². The van der Waals surface area contributed by atoms with Gasteiger partial charge in [-0.25, -0.2) is 8.42 Å². The number of anilines is 2. The maximum absolute atomic E-state index is 12.0. The average molecular weight is 374 g/mol. The summed E-state index contributed by atoms with van der Waals surface area (Å²) in [7, 11) is -3.31. The van der Waals surface area contributed by atoms with Crippen LogP contribution < -0.4 is 14.4 Å². The van der Waals surface area contributed by atoms with E-state index >= 15 is 0 Å². The molecule has 0 heterocycles. The highest BCUT2D eigenvalue weighted by molar-refractivity contribution is 7.92. The van der Waals surface area contributed by atoms with Gasteiger partial charge in [0, 0.05) is 11.7 Å². The van der Waals surface area contributed by atoms with Gasteiger partial charge in [-0.1, -0.05) is 17.7 Å². The highest BCUT2D eigenvalue weighted by Crippen LogP contribution is 2.34. The zero-order valence-electron chi connectivity index (χ0n) is 14.8. The van der Waals surface area contributed by atoms with Gasteiger partial charge in [-0.05, 0) is 56.2 Å². The Hall–Kier alpha value is -2.54. The van der Waals surface area contributed by atoms with Crippen LogP contribution in [-0.4, -0.2) is 33.2 Å². The molecule has 0 saturated heterocycles. The van der Waals surface area contributed by atoms with Crippen molar-refractivity contribution in [2.45, 2.75) is 25.8 Å². The Morgan fingerprint density at radius 1 is 1.12 bits per heavy atom. The molecule has 0 unspecified atom stereocenters. The number of nitrogens with zero attached hydrogens (tertiary/aromatic N) is 1. The number of hydrogen-bond acceptors (Lipinski definition) is 4. The van der Waals surface area contributed by atoms with Gasteiger partial charge in [0.25, 0.3) is 5.91 Å². The average Bonchev–Trinajstić information content (AvgIpc) is 3.40. The van der Waals surface area contributed by atoms with Gasteiger partial charge >= 0.3 is 0 Å². The van der Waals surface area contributed by atoms with Gasteiger partial charge in [-0.2, -0.15) is 0 Å². The van der Waals surface area contributed by atoms with E-state index in [2.05, 4.69) is 5.32 Å². The summed E-state index contributed by atoms with van der Waals surface area (Å²) in [5.41, 5.74) is 2.33. The fourth-order valence-electron chi connectivity index (χ4n) is 2.65. The zero-order valence-corrected chi connectivity index (χ0v) is 15.6. The Kier molecular flexibility index (Phi) is 5.18. The molecule has 0 radical (unpaired) electrons. The third-order valence-electron chi connectivity index (χ3n) is 4.03. The van der Waals surface area contributed by atoms with Crippen LogP contribution in [0.4, 0.5) is 11.4 Å². The maximum atomic E-state index is 12.0. The van der Waals surface area contributed by atoms with Crippen LogP contribution in [0.2, 0.25) is 0 Å². The van der Waals surface area contributed by atoms with Crippen LogP contribution in [-0.2, 0) is 14.8 Å². The quantitative estimate of drug-likeness (QED) is 0.808. The molecule has 0 spiro atoms. The number of rotatable bonds is 7. The third kappa shape index (κ3) is 4.76. The Labute approximate surface area is 153 Å². The summed E-state index contributed by atoms with van der Waals surface area (Å²) in [6.45, 7) is 1.89. The van der Waals surface area contributed by atoms with Gasteiger partial charge in [0.05, 0.1) is 11.9 Å². The lowest BCUT2D eigenvalue weighted by Crippen LogP contribution is -2.31. The molecule has 2 aromatic carbocycles. The topological polar surface area (TPSA) is 75.7 Å². The molecule has 3 rings (SSSR count). The lowest BCUT2D eigenvalue weighted by molar-refractivity contribution is -0.118. The number of benzene rings is 2. The minimum Gasteiger partial charge on any atom is -0.484 e. The van der Waals surface area contributed by atoms with Crippen LogP contribution in [0, 0.1) is 6.92 Å². The highest BCUT2D eigenvalue weighted by atomic mass is 32.2. The van der Waals surface area contributed by atoms with Crippen molar-refractivity contribution < 1.29 is 17.9 Å². The molecule has 1 amide bonds. The monoisotopic (exact) mass is 374 g/mol. The summed E-state index contributed by atoms with van der Waals surface area (Å²) in [6, 6.07) is 14.3. The smallest absolute Gasteiger partial charge is 0.262 e. The van der Waals surface area contributed by atoms with Gasteiger partial charge < -0.3 is 10.1 Å². The first-order valence-corrected chi connectivity index (χ1v) is 10.3. The number of sulfonamides is 1. The Bertz CT molecular complexity index is 873. The Morgan fingerprint density at radius 2 is 1.73 bits per heavy atom. The van der Waals surface area contributed by atoms with Crippen LogP contribution in [0.1, 0.15) is 18.4 Å². The highest BCUT2D eigenvalue weighted by Gasteiger charge is 2.35. The van der Waals surface area contributed by atoms with E-state index in [0.29, 0.717) is 17.1 Å². The van der Waals surface area contributed by atoms with E-state index in [0.717, 1.165) is 18.4 Å². The van der Waals surface area contributed by atoms with E-state index < -0.39 is 10.0 Å². The van der Waals surface area contributed by atoms with Crippen molar-refractivity contribution in [1.82, 2.24) is 0 Å². The molecule has 1 aliphatic rings. The molecule has 1 N–H and O–H groups in total. The van der Waals surface area contributed by atoms with Gasteiger partial charge in [-0.3, -0.25) is 9.10 Å². The molecule has 0 atom stereocenters. The molecule has 1 aliphatic carbocycles. The van der Waals surface area contributed by atoms with E-state index in [1.54, 1.807) is 24.3 Å². The SMILES string of the molecule is Cc1ccc(OCC(=O)Nc2ccc(N(C3CC3)S(C)(=O)=O)cc2)cc1. The van der Waals surface area contributed by atoms with E-state index in [4.69, 9.17) is 4.74 Å². The number of hydrogen-bond donors (Lipinski definition) is 1. The van der Waals surface area contributed by atoms with Crippen LogP contribution in [0.5, 0.6) is 5.75 Å². The summed E-state index contributed by atoms with van der Waals surface area (Å²) in [4.78, 5) is 12.0. The second kappa shape index (κ2) is 7.37. The van der Waals surface area contributed by atoms with Crippen molar-refractivity contribution in [2.24, 2.45) is 0 Å². The van der Waals surface area contributed by atoms with Crippen LogP contribution in [0.3, 0.4) is 0 Å². The van der Waals surface area contributed by atoms with Crippen molar-refractivity contribution >= 4 is 27.3 Å². The number of aryl methyl sites for hydroxylation is 1. The molecule has 26 heavy (non-hydrogen) atoms. The minimum atomic E-state index is -3.31. The molecule has 0 bridgehead atoms. The predicted molar refractivity (Wildman–Crippen MR) is 102 cm³/mol. The van der Waals surface area contributed by atoms with Crippen molar-refractivity contribution in [3.8, 4) is 5.75 Å². The lowest BCUT2D eigenvalue weighted by Gasteiger charge is -2.22.